The van der Waals surface area contributed by atoms with Gasteiger partial charge in [0.15, 0.2) is 23.0 Å². The summed E-state index contributed by atoms with van der Waals surface area (Å²) in [4.78, 5) is 14.8. The average Bonchev–Trinajstić information content (AvgIpc) is 3.22. The number of rotatable bonds is 2. The quantitative estimate of drug-likeness (QED) is 0.679. The Morgan fingerprint density at radius 2 is 1.86 bits per heavy atom. The van der Waals surface area contributed by atoms with Gasteiger partial charge in [0, 0.05) is 11.6 Å². The van der Waals surface area contributed by atoms with E-state index in [1.807, 2.05) is 49.4 Å². The fourth-order valence-corrected chi connectivity index (χ4v) is 3.43. The number of anilines is 1. The molecule has 0 bridgehead atoms. The molecule has 3 heterocycles. The molecular formula is C21H18N2O5. The Balaban J connectivity index is 1.44. The molecule has 0 radical (unpaired) electrons. The normalized spacial score (nSPS) is 17.6. The minimum atomic E-state index is -0.227. The van der Waals surface area contributed by atoms with E-state index in [0.717, 1.165) is 11.3 Å². The largest absolute Gasteiger partial charge is 0.487 e. The van der Waals surface area contributed by atoms with Crippen LogP contribution in [0.1, 0.15) is 17.4 Å². The summed E-state index contributed by atoms with van der Waals surface area (Å²) in [6.07, 6.45) is -0.108. The van der Waals surface area contributed by atoms with E-state index in [0.29, 0.717) is 42.8 Å². The maximum atomic E-state index is 13.1. The van der Waals surface area contributed by atoms with Crippen LogP contribution in [0.25, 0.3) is 11.3 Å². The van der Waals surface area contributed by atoms with Crippen molar-refractivity contribution in [2.45, 2.75) is 13.0 Å². The summed E-state index contributed by atoms with van der Waals surface area (Å²) in [6.45, 7) is 3.42. The van der Waals surface area contributed by atoms with Crippen LogP contribution < -0.4 is 19.1 Å². The number of carbonyl (C=O) groups excluding carboxylic acids is 1. The topological polar surface area (TPSA) is 74.0 Å². The smallest absolute Gasteiger partial charge is 0.280 e. The first kappa shape index (κ1) is 16.7. The molecule has 2 aromatic carbocycles. The second kappa shape index (κ2) is 6.60. The Hall–Kier alpha value is -3.48. The first-order chi connectivity index (χ1) is 13.7. The molecule has 7 nitrogen and oxygen atoms in total. The van der Waals surface area contributed by atoms with Crippen molar-refractivity contribution < 1.29 is 23.5 Å². The molecule has 0 spiro atoms. The lowest BCUT2D eigenvalue weighted by Crippen LogP contribution is -2.42. The van der Waals surface area contributed by atoms with Crippen molar-refractivity contribution in [1.29, 1.82) is 0 Å². The van der Waals surface area contributed by atoms with Crippen LogP contribution in [0.3, 0.4) is 0 Å². The molecule has 3 aromatic rings. The summed E-state index contributed by atoms with van der Waals surface area (Å²) < 4.78 is 22.4. The molecular weight excluding hydrogens is 360 g/mol. The van der Waals surface area contributed by atoms with Gasteiger partial charge in [-0.2, -0.15) is 0 Å². The number of amides is 1. The third kappa shape index (κ3) is 2.85. The van der Waals surface area contributed by atoms with Crippen molar-refractivity contribution in [2.24, 2.45) is 0 Å². The Morgan fingerprint density at radius 1 is 1.04 bits per heavy atom. The van der Waals surface area contributed by atoms with Crippen LogP contribution in [0.15, 0.2) is 53.1 Å². The number of hydrogen-bond acceptors (Lipinski definition) is 6. The number of para-hydroxylation sites is 2. The predicted molar refractivity (Wildman–Crippen MR) is 101 cm³/mol. The molecule has 142 valence electrons. The van der Waals surface area contributed by atoms with Gasteiger partial charge in [-0.25, -0.2) is 0 Å². The molecule has 0 saturated heterocycles. The van der Waals surface area contributed by atoms with E-state index >= 15 is 0 Å². The molecule has 28 heavy (non-hydrogen) atoms. The molecule has 1 aromatic heterocycles. The Morgan fingerprint density at radius 3 is 2.75 bits per heavy atom. The summed E-state index contributed by atoms with van der Waals surface area (Å²) in [5, 5.41) is 4.00. The van der Waals surface area contributed by atoms with Crippen LogP contribution in [-0.2, 0) is 0 Å². The van der Waals surface area contributed by atoms with E-state index in [1.54, 1.807) is 11.0 Å². The highest BCUT2D eigenvalue weighted by Gasteiger charge is 2.30. The third-order valence-corrected chi connectivity index (χ3v) is 4.73. The lowest BCUT2D eigenvalue weighted by atomic mass is 10.1. The number of fused-ring (bicyclic) bond motifs is 2. The van der Waals surface area contributed by atoms with Crippen molar-refractivity contribution >= 4 is 11.6 Å². The highest BCUT2D eigenvalue weighted by molar-refractivity contribution is 6.06. The summed E-state index contributed by atoms with van der Waals surface area (Å²) in [7, 11) is 0. The second-order valence-corrected chi connectivity index (χ2v) is 6.75. The fraction of sp³-hybridized carbons (Fsp3) is 0.238. The zero-order valence-electron chi connectivity index (χ0n) is 15.3. The molecule has 0 unspecified atom stereocenters. The second-order valence-electron chi connectivity index (χ2n) is 6.75. The van der Waals surface area contributed by atoms with Gasteiger partial charge in [0.25, 0.3) is 5.91 Å². The zero-order valence-corrected chi connectivity index (χ0v) is 15.3. The SMILES string of the molecule is C[C@H]1CN(C(=O)c2cc(-c3ccc4c(c3)OCCO4)on2)c2ccccc2O1. The van der Waals surface area contributed by atoms with Crippen LogP contribution in [0.2, 0.25) is 0 Å². The summed E-state index contributed by atoms with van der Waals surface area (Å²) in [5.74, 6) is 2.31. The maximum Gasteiger partial charge on any atom is 0.280 e. The van der Waals surface area contributed by atoms with Crippen LogP contribution in [0.5, 0.6) is 17.2 Å². The van der Waals surface area contributed by atoms with E-state index < -0.39 is 0 Å². The minimum Gasteiger partial charge on any atom is -0.487 e. The summed E-state index contributed by atoms with van der Waals surface area (Å²) in [5.41, 5.74) is 1.75. The monoisotopic (exact) mass is 378 g/mol. The third-order valence-electron chi connectivity index (χ3n) is 4.73. The van der Waals surface area contributed by atoms with Crippen molar-refractivity contribution in [3.05, 3.63) is 54.2 Å². The van der Waals surface area contributed by atoms with Gasteiger partial charge in [0.05, 0.1) is 12.2 Å². The molecule has 0 saturated carbocycles. The van der Waals surface area contributed by atoms with Crippen LogP contribution in [0, 0.1) is 0 Å². The number of hydrogen-bond donors (Lipinski definition) is 0. The molecule has 1 amide bonds. The number of benzene rings is 2. The number of nitrogens with zero attached hydrogens (tertiary/aromatic N) is 2. The van der Waals surface area contributed by atoms with Crippen molar-refractivity contribution in [3.8, 4) is 28.6 Å². The summed E-state index contributed by atoms with van der Waals surface area (Å²) in [6, 6.07) is 14.6. The van der Waals surface area contributed by atoms with Crippen molar-refractivity contribution in [2.75, 3.05) is 24.7 Å². The van der Waals surface area contributed by atoms with Crippen LogP contribution in [-0.4, -0.2) is 36.9 Å². The van der Waals surface area contributed by atoms with Crippen LogP contribution in [0.4, 0.5) is 5.69 Å². The highest BCUT2D eigenvalue weighted by Crippen LogP contribution is 2.36. The van der Waals surface area contributed by atoms with E-state index in [9.17, 15) is 4.79 Å². The molecule has 5 rings (SSSR count). The fourth-order valence-electron chi connectivity index (χ4n) is 3.43. The van der Waals surface area contributed by atoms with Gasteiger partial charge in [-0.3, -0.25) is 9.69 Å². The van der Waals surface area contributed by atoms with Crippen molar-refractivity contribution in [3.63, 3.8) is 0 Å². The predicted octanol–water partition coefficient (Wildman–Crippen LogP) is 3.54. The molecule has 7 heteroatoms. The molecule has 0 aliphatic carbocycles. The zero-order chi connectivity index (χ0) is 19.1. The molecule has 1 atom stereocenters. The lowest BCUT2D eigenvalue weighted by molar-refractivity contribution is 0.0952. The van der Waals surface area contributed by atoms with Gasteiger partial charge in [-0.05, 0) is 37.3 Å². The maximum absolute atomic E-state index is 13.1. The molecule has 2 aliphatic rings. The average molecular weight is 378 g/mol. The minimum absolute atomic E-state index is 0.108. The van der Waals surface area contributed by atoms with Crippen molar-refractivity contribution in [1.82, 2.24) is 5.16 Å². The van der Waals surface area contributed by atoms with Crippen LogP contribution >= 0.6 is 0 Å². The number of carbonyl (C=O) groups is 1. The number of aromatic nitrogens is 1. The Bertz CT molecular complexity index is 1040. The number of ether oxygens (including phenoxy) is 3. The first-order valence-electron chi connectivity index (χ1n) is 9.13. The summed E-state index contributed by atoms with van der Waals surface area (Å²) >= 11 is 0. The van der Waals surface area contributed by atoms with E-state index in [1.165, 1.54) is 0 Å². The van der Waals surface area contributed by atoms with Gasteiger partial charge in [-0.15, -0.1) is 0 Å². The van der Waals surface area contributed by atoms with E-state index in [-0.39, 0.29) is 17.7 Å². The molecule has 2 aliphatic heterocycles. The molecule has 0 fully saturated rings. The van der Waals surface area contributed by atoms with E-state index in [4.69, 9.17) is 18.7 Å². The Labute approximate surface area is 161 Å². The first-order valence-corrected chi connectivity index (χ1v) is 9.13. The Kier molecular flexibility index (Phi) is 3.93. The lowest BCUT2D eigenvalue weighted by Gasteiger charge is -2.32. The van der Waals surface area contributed by atoms with Gasteiger partial charge < -0.3 is 18.7 Å². The van der Waals surface area contributed by atoms with Gasteiger partial charge in [0.2, 0.25) is 0 Å². The van der Waals surface area contributed by atoms with E-state index in [2.05, 4.69) is 5.16 Å². The highest BCUT2D eigenvalue weighted by atomic mass is 16.6. The van der Waals surface area contributed by atoms with Gasteiger partial charge in [0.1, 0.15) is 25.1 Å². The van der Waals surface area contributed by atoms with Gasteiger partial charge >= 0.3 is 0 Å². The van der Waals surface area contributed by atoms with Gasteiger partial charge in [-0.1, -0.05) is 17.3 Å². The molecule has 0 N–H and O–H groups in total. The standard InChI is InChI=1S/C21H18N2O5/c1-13-12-23(16-4-2-3-5-17(16)27-13)21(24)15-11-19(28-22-15)14-6-7-18-20(10-14)26-9-8-25-18/h2-7,10-11,13H,8-9,12H2,1H3/t13-/m0/s1.